The standard InChI is InChI=1S/C18H19FN2O3S/c19-14-3-1-4-15(11-14)24-13-18(23)21-8-6-20(7-9-21)17(22)12-16-5-2-10-25-16/h1-5,10-11H,6-9,12-13H2. The zero-order valence-electron chi connectivity index (χ0n) is 13.7. The molecule has 0 bridgehead atoms. The van der Waals surface area contributed by atoms with Gasteiger partial charge in [0.1, 0.15) is 11.6 Å². The van der Waals surface area contributed by atoms with E-state index in [0.29, 0.717) is 38.3 Å². The Morgan fingerprint density at radius 1 is 1.04 bits per heavy atom. The van der Waals surface area contributed by atoms with Crippen LogP contribution < -0.4 is 4.74 Å². The highest BCUT2D eigenvalue weighted by Crippen LogP contribution is 2.14. The van der Waals surface area contributed by atoms with Crippen LogP contribution >= 0.6 is 11.3 Å². The van der Waals surface area contributed by atoms with Gasteiger partial charge in [-0.15, -0.1) is 11.3 Å². The molecule has 0 radical (unpaired) electrons. The van der Waals surface area contributed by atoms with Gasteiger partial charge in [-0.2, -0.15) is 0 Å². The maximum absolute atomic E-state index is 13.1. The van der Waals surface area contributed by atoms with Gasteiger partial charge in [0.05, 0.1) is 6.42 Å². The summed E-state index contributed by atoms with van der Waals surface area (Å²) >= 11 is 1.57. The van der Waals surface area contributed by atoms with Crippen molar-refractivity contribution in [2.45, 2.75) is 6.42 Å². The maximum atomic E-state index is 13.1. The molecule has 1 aromatic carbocycles. The Morgan fingerprint density at radius 3 is 2.40 bits per heavy atom. The van der Waals surface area contributed by atoms with Crippen LogP contribution in [0.25, 0.3) is 0 Å². The van der Waals surface area contributed by atoms with Crippen molar-refractivity contribution >= 4 is 23.2 Å². The smallest absolute Gasteiger partial charge is 0.260 e. The molecule has 0 spiro atoms. The van der Waals surface area contributed by atoms with Crippen LogP contribution in [0, 0.1) is 5.82 Å². The summed E-state index contributed by atoms with van der Waals surface area (Å²) in [5.74, 6) is -0.138. The molecule has 0 saturated carbocycles. The van der Waals surface area contributed by atoms with Crippen LogP contribution in [-0.2, 0) is 16.0 Å². The number of hydrogen-bond donors (Lipinski definition) is 0. The van der Waals surface area contributed by atoms with Gasteiger partial charge in [-0.05, 0) is 23.6 Å². The summed E-state index contributed by atoms with van der Waals surface area (Å²) in [4.78, 5) is 29.0. The molecule has 25 heavy (non-hydrogen) atoms. The minimum absolute atomic E-state index is 0.0885. The molecule has 2 amide bonds. The SMILES string of the molecule is O=C(COc1cccc(F)c1)N1CCN(C(=O)Cc2cccs2)CC1. The molecule has 1 aliphatic heterocycles. The first-order valence-corrected chi connectivity index (χ1v) is 8.96. The second-order valence-electron chi connectivity index (χ2n) is 5.76. The van der Waals surface area contributed by atoms with Gasteiger partial charge in [0, 0.05) is 37.1 Å². The third kappa shape index (κ3) is 4.79. The predicted octanol–water partition coefficient (Wildman–Crippen LogP) is 2.18. The number of piperazine rings is 1. The van der Waals surface area contributed by atoms with Gasteiger partial charge in [0.15, 0.2) is 6.61 Å². The second-order valence-corrected chi connectivity index (χ2v) is 6.80. The van der Waals surface area contributed by atoms with E-state index < -0.39 is 5.82 Å². The zero-order chi connectivity index (χ0) is 17.6. The lowest BCUT2D eigenvalue weighted by atomic mass is 10.2. The number of rotatable bonds is 5. The van der Waals surface area contributed by atoms with Crippen molar-refractivity contribution < 1.29 is 18.7 Å². The number of halogens is 1. The van der Waals surface area contributed by atoms with E-state index in [1.54, 1.807) is 27.2 Å². The quantitative estimate of drug-likeness (QED) is 0.819. The van der Waals surface area contributed by atoms with Crippen molar-refractivity contribution in [3.8, 4) is 5.75 Å². The normalized spacial score (nSPS) is 14.4. The average molecular weight is 362 g/mol. The van der Waals surface area contributed by atoms with Gasteiger partial charge in [0.2, 0.25) is 5.91 Å². The first kappa shape index (κ1) is 17.4. The van der Waals surface area contributed by atoms with E-state index in [1.807, 2.05) is 17.5 Å². The van der Waals surface area contributed by atoms with Crippen molar-refractivity contribution in [1.82, 2.24) is 9.80 Å². The fourth-order valence-corrected chi connectivity index (χ4v) is 3.37. The summed E-state index contributed by atoms with van der Waals surface area (Å²) in [7, 11) is 0. The molecule has 5 nitrogen and oxygen atoms in total. The number of thiophene rings is 1. The van der Waals surface area contributed by atoms with Crippen LogP contribution in [0.1, 0.15) is 4.88 Å². The summed E-state index contributed by atoms with van der Waals surface area (Å²) in [5.41, 5.74) is 0. The van der Waals surface area contributed by atoms with Gasteiger partial charge in [0.25, 0.3) is 5.91 Å². The highest BCUT2D eigenvalue weighted by molar-refractivity contribution is 7.10. The highest BCUT2D eigenvalue weighted by atomic mass is 32.1. The number of nitrogens with zero attached hydrogens (tertiary/aromatic N) is 2. The molecular formula is C18H19FN2O3S. The largest absolute Gasteiger partial charge is 0.484 e. The third-order valence-corrected chi connectivity index (χ3v) is 4.93. The topological polar surface area (TPSA) is 49.9 Å². The molecule has 132 valence electrons. The number of carbonyl (C=O) groups excluding carboxylic acids is 2. The molecule has 0 atom stereocenters. The van der Waals surface area contributed by atoms with E-state index in [-0.39, 0.29) is 18.4 Å². The van der Waals surface area contributed by atoms with E-state index in [0.717, 1.165) is 4.88 Å². The Balaban J connectivity index is 1.43. The molecular weight excluding hydrogens is 343 g/mol. The molecule has 1 aliphatic rings. The summed E-state index contributed by atoms with van der Waals surface area (Å²) in [6.07, 6.45) is 0.411. The molecule has 7 heteroatoms. The third-order valence-electron chi connectivity index (χ3n) is 4.05. The fraction of sp³-hybridized carbons (Fsp3) is 0.333. The maximum Gasteiger partial charge on any atom is 0.260 e. The van der Waals surface area contributed by atoms with Crippen molar-refractivity contribution in [3.05, 3.63) is 52.5 Å². The minimum atomic E-state index is -0.400. The molecule has 0 N–H and O–H groups in total. The van der Waals surface area contributed by atoms with Gasteiger partial charge in [-0.25, -0.2) is 4.39 Å². The molecule has 0 aliphatic carbocycles. The Bertz CT molecular complexity index is 728. The molecule has 1 fully saturated rings. The molecule has 0 unspecified atom stereocenters. The Hall–Kier alpha value is -2.41. The summed E-state index contributed by atoms with van der Waals surface area (Å²) in [5, 5.41) is 1.96. The van der Waals surface area contributed by atoms with Gasteiger partial charge in [-0.1, -0.05) is 12.1 Å². The van der Waals surface area contributed by atoms with Gasteiger partial charge >= 0.3 is 0 Å². The van der Waals surface area contributed by atoms with E-state index in [1.165, 1.54) is 18.2 Å². The number of amides is 2. The summed E-state index contributed by atoms with van der Waals surface area (Å²) < 4.78 is 18.4. The van der Waals surface area contributed by atoms with Crippen LogP contribution in [0.15, 0.2) is 41.8 Å². The first-order valence-electron chi connectivity index (χ1n) is 8.08. The van der Waals surface area contributed by atoms with Crippen LogP contribution in [-0.4, -0.2) is 54.4 Å². The molecule has 3 rings (SSSR count). The lowest BCUT2D eigenvalue weighted by molar-refractivity contribution is -0.140. The summed E-state index contributed by atoms with van der Waals surface area (Å²) in [6, 6.07) is 9.59. The first-order chi connectivity index (χ1) is 12.1. The Kier molecular flexibility index (Phi) is 5.65. The lowest BCUT2D eigenvalue weighted by Gasteiger charge is -2.34. The van der Waals surface area contributed by atoms with E-state index in [4.69, 9.17) is 4.74 Å². The molecule has 1 aromatic heterocycles. The minimum Gasteiger partial charge on any atom is -0.484 e. The van der Waals surface area contributed by atoms with Crippen LogP contribution in [0.2, 0.25) is 0 Å². The average Bonchev–Trinajstić information content (AvgIpc) is 3.13. The Morgan fingerprint density at radius 2 is 1.76 bits per heavy atom. The van der Waals surface area contributed by atoms with Crippen molar-refractivity contribution in [3.63, 3.8) is 0 Å². The van der Waals surface area contributed by atoms with Crippen LogP contribution in [0.4, 0.5) is 4.39 Å². The van der Waals surface area contributed by atoms with E-state index >= 15 is 0 Å². The summed E-state index contributed by atoms with van der Waals surface area (Å²) in [6.45, 7) is 1.89. The highest BCUT2D eigenvalue weighted by Gasteiger charge is 2.24. The van der Waals surface area contributed by atoms with Crippen molar-refractivity contribution in [1.29, 1.82) is 0 Å². The zero-order valence-corrected chi connectivity index (χ0v) is 14.5. The number of carbonyl (C=O) groups is 2. The van der Waals surface area contributed by atoms with Crippen molar-refractivity contribution in [2.24, 2.45) is 0 Å². The lowest BCUT2D eigenvalue weighted by Crippen LogP contribution is -2.51. The fourth-order valence-electron chi connectivity index (χ4n) is 2.67. The number of ether oxygens (including phenoxy) is 1. The number of hydrogen-bond acceptors (Lipinski definition) is 4. The van der Waals surface area contributed by atoms with E-state index in [9.17, 15) is 14.0 Å². The Labute approximate surface area is 149 Å². The molecule has 2 aromatic rings. The van der Waals surface area contributed by atoms with Crippen LogP contribution in [0.5, 0.6) is 5.75 Å². The number of benzene rings is 1. The second kappa shape index (κ2) is 8.11. The van der Waals surface area contributed by atoms with E-state index in [2.05, 4.69) is 0 Å². The van der Waals surface area contributed by atoms with Crippen molar-refractivity contribution in [2.75, 3.05) is 32.8 Å². The van der Waals surface area contributed by atoms with Crippen LogP contribution in [0.3, 0.4) is 0 Å². The molecule has 1 saturated heterocycles. The van der Waals surface area contributed by atoms with Gasteiger partial charge in [-0.3, -0.25) is 9.59 Å². The molecule has 2 heterocycles. The monoisotopic (exact) mass is 362 g/mol. The predicted molar refractivity (Wildman–Crippen MR) is 93.1 cm³/mol. The van der Waals surface area contributed by atoms with Gasteiger partial charge < -0.3 is 14.5 Å².